The molecule has 0 radical (unpaired) electrons. The molecule has 1 amide bonds. The summed E-state index contributed by atoms with van der Waals surface area (Å²) in [6.07, 6.45) is 44.9. The predicted molar refractivity (Wildman–Crippen MR) is 254 cm³/mol. The number of aliphatic hydroxyl groups excluding tert-OH is 1. The maximum atomic E-state index is 12.4. The minimum atomic E-state index is -0.282. The summed E-state index contributed by atoms with van der Waals surface area (Å²) in [5, 5.41) is 19.6. The molecule has 0 aliphatic heterocycles. The van der Waals surface area contributed by atoms with Gasteiger partial charge in [0.15, 0.2) is 0 Å². The summed E-state index contributed by atoms with van der Waals surface area (Å²) in [7, 11) is 0. The van der Waals surface area contributed by atoms with E-state index in [9.17, 15) is 14.7 Å². The van der Waals surface area contributed by atoms with Crippen molar-refractivity contribution in [1.29, 1.82) is 0 Å². The quantitative estimate of drug-likeness (QED) is 0.0317. The first-order valence-corrected chi connectivity index (χ1v) is 26.3. The molecule has 0 saturated heterocycles. The van der Waals surface area contributed by atoms with Crippen molar-refractivity contribution in [2.24, 2.45) is 17.8 Å². The average molecular weight is 851 g/mol. The van der Waals surface area contributed by atoms with E-state index in [-0.39, 0.29) is 30.4 Å². The molecule has 0 atom stereocenters. The number of esters is 1. The lowest BCUT2D eigenvalue weighted by molar-refractivity contribution is -0.144. The zero-order valence-corrected chi connectivity index (χ0v) is 40.4. The summed E-state index contributed by atoms with van der Waals surface area (Å²) in [5.41, 5.74) is 0. The molecule has 1 rings (SSSR count). The topological polar surface area (TPSA) is 116 Å². The number of nitrogens with one attached hydrogen (secondary N) is 1. The van der Waals surface area contributed by atoms with Gasteiger partial charge in [-0.2, -0.15) is 0 Å². The van der Waals surface area contributed by atoms with Crippen molar-refractivity contribution in [3.63, 3.8) is 0 Å². The summed E-state index contributed by atoms with van der Waals surface area (Å²) >= 11 is 0. The third-order valence-electron chi connectivity index (χ3n) is 13.0. The number of carboxylic acid groups (broad SMARTS) is 1. The number of aliphatic hydroxyl groups is 1. The zero-order chi connectivity index (χ0) is 44.2. The summed E-state index contributed by atoms with van der Waals surface area (Å²) in [5.74, 6) is 1.79. The van der Waals surface area contributed by atoms with Gasteiger partial charge in [-0.05, 0) is 76.4 Å². The van der Waals surface area contributed by atoms with E-state index >= 15 is 0 Å². The second-order valence-corrected chi connectivity index (χ2v) is 18.6. The molecule has 8 heteroatoms. The van der Waals surface area contributed by atoms with Gasteiger partial charge in [-0.15, -0.1) is 0 Å². The highest BCUT2D eigenvalue weighted by Crippen LogP contribution is 2.27. The van der Waals surface area contributed by atoms with Gasteiger partial charge in [-0.1, -0.05) is 207 Å². The number of carbonyl (C=O) groups excluding carboxylic acids is 2. The molecule has 356 valence electrons. The fourth-order valence-corrected chi connectivity index (χ4v) is 8.92. The Labute approximate surface area is 372 Å². The number of unbranched alkanes of at least 4 members (excludes halogenated alkanes) is 20. The lowest BCUT2D eigenvalue weighted by Crippen LogP contribution is -2.42. The largest absolute Gasteiger partial charge is 0.483 e. The Morgan fingerprint density at radius 2 is 0.950 bits per heavy atom. The molecule has 1 aliphatic carbocycles. The number of hydrogen-bond donors (Lipinski definition) is 3. The fourth-order valence-electron chi connectivity index (χ4n) is 8.92. The molecule has 0 aromatic rings. The van der Waals surface area contributed by atoms with E-state index in [1.807, 2.05) is 0 Å². The summed E-state index contributed by atoms with van der Waals surface area (Å²) in [6.45, 7) is 13.5. The van der Waals surface area contributed by atoms with Crippen molar-refractivity contribution in [3.05, 3.63) is 0 Å². The molecule has 0 unspecified atom stereocenters. The number of nitrogens with zero attached hydrogens (tertiary/aromatic N) is 1. The molecule has 0 aromatic heterocycles. The van der Waals surface area contributed by atoms with Gasteiger partial charge >= 0.3 is 5.97 Å². The van der Waals surface area contributed by atoms with Crippen molar-refractivity contribution < 1.29 is 29.3 Å². The first-order chi connectivity index (χ1) is 29.3. The van der Waals surface area contributed by atoms with E-state index in [0.717, 1.165) is 57.8 Å². The molecule has 0 aromatic carbocycles. The summed E-state index contributed by atoms with van der Waals surface area (Å²) in [4.78, 5) is 35.7. The number of amides is 1. The highest BCUT2D eigenvalue weighted by Gasteiger charge is 2.32. The lowest BCUT2D eigenvalue weighted by atomic mass is 9.82. The summed E-state index contributed by atoms with van der Waals surface area (Å²) < 4.78 is 5.63. The van der Waals surface area contributed by atoms with Gasteiger partial charge in [0.2, 0.25) is 5.91 Å². The monoisotopic (exact) mass is 851 g/mol. The van der Waals surface area contributed by atoms with E-state index in [0.29, 0.717) is 31.8 Å². The minimum Gasteiger partial charge on any atom is -0.483 e. The SMILES string of the molecule is CCCCCCCCC(CCCCCCCC)CCCCCCCN(CCCCCCCC(=O)OCCC(CCCC)CCCC)CCCNC(=O)C1CC(O)C1.O=CO. The second kappa shape index (κ2) is 45.4. The third kappa shape index (κ3) is 38.0. The maximum absolute atomic E-state index is 12.4. The van der Waals surface area contributed by atoms with Crippen molar-refractivity contribution in [2.75, 3.05) is 32.8 Å². The van der Waals surface area contributed by atoms with E-state index in [2.05, 4.69) is 37.9 Å². The minimum absolute atomic E-state index is 0.00682. The van der Waals surface area contributed by atoms with Crippen LogP contribution in [0.3, 0.4) is 0 Å². The Balaban J connectivity index is 0.0000112. The zero-order valence-electron chi connectivity index (χ0n) is 40.4. The van der Waals surface area contributed by atoms with Crippen molar-refractivity contribution in [3.8, 4) is 0 Å². The van der Waals surface area contributed by atoms with Crippen LogP contribution >= 0.6 is 0 Å². The lowest BCUT2D eigenvalue weighted by Gasteiger charge is -2.30. The fraction of sp³-hybridized carbons (Fsp3) is 0.942. The first-order valence-electron chi connectivity index (χ1n) is 26.3. The van der Waals surface area contributed by atoms with Crippen molar-refractivity contribution >= 4 is 18.3 Å². The van der Waals surface area contributed by atoms with E-state index in [1.54, 1.807) is 0 Å². The molecule has 60 heavy (non-hydrogen) atoms. The molecular weight excluding hydrogens is 749 g/mol. The Morgan fingerprint density at radius 1 is 0.567 bits per heavy atom. The Kier molecular flexibility index (Phi) is 44.1. The van der Waals surface area contributed by atoms with Gasteiger partial charge in [0.05, 0.1) is 12.7 Å². The molecule has 3 N–H and O–H groups in total. The van der Waals surface area contributed by atoms with E-state index < -0.39 is 0 Å². The number of hydrogen-bond acceptors (Lipinski definition) is 6. The van der Waals surface area contributed by atoms with Crippen molar-refractivity contribution in [2.45, 2.75) is 265 Å². The number of rotatable bonds is 44. The molecule has 8 nitrogen and oxygen atoms in total. The molecule has 0 heterocycles. The number of ether oxygens (including phenoxy) is 1. The Morgan fingerprint density at radius 3 is 1.42 bits per heavy atom. The van der Waals surface area contributed by atoms with Gasteiger partial charge in [-0.25, -0.2) is 0 Å². The Bertz CT molecular complexity index is 904. The van der Waals surface area contributed by atoms with Crippen LogP contribution in [0.2, 0.25) is 0 Å². The second-order valence-electron chi connectivity index (χ2n) is 18.6. The summed E-state index contributed by atoms with van der Waals surface area (Å²) in [6, 6.07) is 0. The molecule has 1 fully saturated rings. The maximum Gasteiger partial charge on any atom is 0.305 e. The highest BCUT2D eigenvalue weighted by molar-refractivity contribution is 5.79. The van der Waals surface area contributed by atoms with Crippen LogP contribution in [0.1, 0.15) is 259 Å². The molecule has 0 bridgehead atoms. The Hall–Kier alpha value is -1.67. The van der Waals surface area contributed by atoms with Crippen LogP contribution in [0.4, 0.5) is 0 Å². The molecule has 1 saturated carbocycles. The van der Waals surface area contributed by atoms with Gasteiger partial charge in [0.1, 0.15) is 0 Å². The van der Waals surface area contributed by atoms with Gasteiger partial charge in [0.25, 0.3) is 6.47 Å². The standard InChI is InChI=1S/C51H100N2O4.CH2O2/c1-5-9-13-15-19-25-34-46(35-26-20-16-14-10-6-2)36-27-21-17-23-29-40-53(42-31-39-52-51(56)48-44-49(54)45-48)41-30-24-18-22-28-37-50(55)57-43-38-47(32-11-7-3)33-12-8-4;2-1-3/h46-49,54H,5-45H2,1-4H3,(H,52,56);1H,(H,2,3). The molecule has 0 spiro atoms. The van der Waals surface area contributed by atoms with Crippen molar-refractivity contribution in [1.82, 2.24) is 10.2 Å². The van der Waals surface area contributed by atoms with Crippen LogP contribution in [0.5, 0.6) is 0 Å². The van der Waals surface area contributed by atoms with Gasteiger partial charge in [-0.3, -0.25) is 14.4 Å². The van der Waals surface area contributed by atoms with Crippen LogP contribution in [0.25, 0.3) is 0 Å². The molecule has 1 aliphatic rings. The van der Waals surface area contributed by atoms with E-state index in [4.69, 9.17) is 14.6 Å². The number of carbonyl (C=O) groups is 3. The van der Waals surface area contributed by atoms with Gasteiger partial charge < -0.3 is 25.2 Å². The third-order valence-corrected chi connectivity index (χ3v) is 13.0. The molecular formula is C52H102N2O6. The average Bonchev–Trinajstić information content (AvgIpc) is 3.23. The predicted octanol–water partition coefficient (Wildman–Crippen LogP) is 14.0. The highest BCUT2D eigenvalue weighted by atomic mass is 16.5. The van der Waals surface area contributed by atoms with Gasteiger partial charge in [0, 0.05) is 18.9 Å². The van der Waals surface area contributed by atoms with Crippen LogP contribution in [0.15, 0.2) is 0 Å². The van der Waals surface area contributed by atoms with Crippen LogP contribution in [-0.2, 0) is 19.1 Å². The van der Waals surface area contributed by atoms with Crippen LogP contribution < -0.4 is 5.32 Å². The smallest absolute Gasteiger partial charge is 0.305 e. The first kappa shape index (κ1) is 58.3. The normalized spacial score (nSPS) is 14.9. The van der Waals surface area contributed by atoms with Crippen LogP contribution in [-0.4, -0.2) is 72.4 Å². The van der Waals surface area contributed by atoms with Crippen LogP contribution in [0, 0.1) is 17.8 Å². The van der Waals surface area contributed by atoms with E-state index in [1.165, 1.54) is 186 Å².